The molecule has 5 N–H and O–H groups in total. The summed E-state index contributed by atoms with van der Waals surface area (Å²) < 4.78 is 44.8. The second-order valence-electron chi connectivity index (χ2n) is 15.9. The van der Waals surface area contributed by atoms with Gasteiger partial charge in [0.05, 0.1) is 28.4 Å². The first-order chi connectivity index (χ1) is 30.9. The van der Waals surface area contributed by atoms with E-state index in [2.05, 4.69) is 51.4 Å². The van der Waals surface area contributed by atoms with Crippen molar-refractivity contribution in [3.05, 3.63) is 124 Å². The number of carbonyl (C=O) groups is 4. The summed E-state index contributed by atoms with van der Waals surface area (Å²) in [6, 6.07) is 18.3. The first kappa shape index (κ1) is 44.0. The summed E-state index contributed by atoms with van der Waals surface area (Å²) in [4.78, 5) is 66.6. The average Bonchev–Trinajstić information content (AvgIpc) is 3.29. The van der Waals surface area contributed by atoms with Crippen LogP contribution < -0.4 is 31.6 Å². The molecule has 64 heavy (non-hydrogen) atoms. The quantitative estimate of drug-likeness (QED) is 0.0786. The zero-order chi connectivity index (χ0) is 44.7. The van der Waals surface area contributed by atoms with E-state index in [4.69, 9.17) is 11.6 Å². The fraction of sp³-hybridized carbons (Fsp3) is 0.311. The molecule has 19 heteroatoms. The third-order valence-corrected chi connectivity index (χ3v) is 12.0. The number of nitrogens with zero attached hydrogens (tertiary/aromatic N) is 6. The Labute approximate surface area is 371 Å². The molecule has 5 aromatic rings. The number of hydrogen-bond donors (Lipinski definition) is 5. The van der Waals surface area contributed by atoms with Crippen molar-refractivity contribution in [2.75, 3.05) is 66.7 Å². The Kier molecular flexibility index (Phi) is 13.6. The van der Waals surface area contributed by atoms with Crippen molar-refractivity contribution in [2.24, 2.45) is 5.92 Å². The molecule has 0 radical (unpaired) electrons. The van der Waals surface area contributed by atoms with Gasteiger partial charge in [0.1, 0.15) is 17.5 Å². The lowest BCUT2D eigenvalue weighted by molar-refractivity contribution is -0.134. The van der Waals surface area contributed by atoms with E-state index in [-0.39, 0.29) is 53.2 Å². The Bertz CT molecular complexity index is 2540. The second-order valence-corrected chi connectivity index (χ2v) is 16.3. The number of hydrogen-bond acceptors (Lipinski definition) is 12. The minimum Gasteiger partial charge on any atom is -0.354 e. The van der Waals surface area contributed by atoms with Crippen LogP contribution in [0.5, 0.6) is 0 Å². The average molecular weight is 896 g/mol. The van der Waals surface area contributed by atoms with Crippen LogP contribution in [-0.2, 0) is 9.59 Å². The summed E-state index contributed by atoms with van der Waals surface area (Å²) in [5.74, 6) is -3.71. The molecule has 1 unspecified atom stereocenters. The molecule has 8 rings (SSSR count). The highest BCUT2D eigenvalue weighted by atomic mass is 35.5. The predicted molar refractivity (Wildman–Crippen MR) is 235 cm³/mol. The second kappa shape index (κ2) is 19.8. The van der Waals surface area contributed by atoms with Crippen LogP contribution in [0.25, 0.3) is 0 Å². The van der Waals surface area contributed by atoms with Gasteiger partial charge in [0.15, 0.2) is 11.6 Å². The number of imide groups is 1. The Morgan fingerprint density at radius 2 is 1.53 bits per heavy atom. The monoisotopic (exact) mass is 895 g/mol. The number of piperidine rings is 2. The van der Waals surface area contributed by atoms with Gasteiger partial charge in [-0.1, -0.05) is 23.7 Å². The van der Waals surface area contributed by atoms with Crippen molar-refractivity contribution in [3.8, 4) is 0 Å². The van der Waals surface area contributed by atoms with Gasteiger partial charge in [0.2, 0.25) is 17.8 Å². The number of amides is 4. The van der Waals surface area contributed by atoms with Crippen LogP contribution in [0.15, 0.2) is 85.2 Å². The molecule has 15 nitrogen and oxygen atoms in total. The van der Waals surface area contributed by atoms with Crippen LogP contribution in [0.3, 0.4) is 0 Å². The largest absolute Gasteiger partial charge is 0.354 e. The number of nitrogens with one attached hydrogen (secondary N) is 5. The number of carbonyl (C=O) groups excluding carboxylic acids is 4. The summed E-state index contributed by atoms with van der Waals surface area (Å²) in [5.41, 5.74) is 4.46. The minimum atomic E-state index is -0.843. The number of hydrazine groups is 1. The number of aromatic nitrogens is 3. The SMILES string of the molecule is O=C1CCC(c2cnc(N3CCN(CCC4CCN(NC(=O)c5ccc(Nc6ncc(F)c(Nc7ccc(C(=O)Nc8ccccc8Cl)c(F)c7)n6)cc5)CC4)CC3)cc2F)C(=O)N1. The summed E-state index contributed by atoms with van der Waals surface area (Å²) >= 11 is 6.10. The third-order valence-electron chi connectivity index (χ3n) is 11.7. The van der Waals surface area contributed by atoms with Gasteiger partial charge >= 0.3 is 0 Å². The van der Waals surface area contributed by atoms with Gasteiger partial charge in [0, 0.05) is 80.5 Å². The normalized spacial score (nSPS) is 17.4. The van der Waals surface area contributed by atoms with E-state index in [9.17, 15) is 28.0 Å². The number of pyridine rings is 1. The van der Waals surface area contributed by atoms with Gasteiger partial charge in [-0.05, 0) is 92.7 Å². The smallest absolute Gasteiger partial charge is 0.265 e. The van der Waals surface area contributed by atoms with Gasteiger partial charge in [0.25, 0.3) is 11.8 Å². The van der Waals surface area contributed by atoms with E-state index in [1.807, 2.05) is 5.01 Å². The van der Waals surface area contributed by atoms with Crippen molar-refractivity contribution in [2.45, 2.75) is 38.0 Å². The van der Waals surface area contributed by atoms with E-state index in [1.165, 1.54) is 24.4 Å². The highest BCUT2D eigenvalue weighted by Gasteiger charge is 2.31. The predicted octanol–water partition coefficient (Wildman–Crippen LogP) is 6.77. The molecular formula is C45H45ClF3N11O4. The Balaban J connectivity index is 0.751. The number of para-hydroxylation sites is 1. The summed E-state index contributed by atoms with van der Waals surface area (Å²) in [7, 11) is 0. The van der Waals surface area contributed by atoms with Crippen LogP contribution in [0.2, 0.25) is 5.02 Å². The zero-order valence-electron chi connectivity index (χ0n) is 34.6. The van der Waals surface area contributed by atoms with Gasteiger partial charge in [-0.3, -0.25) is 34.8 Å². The molecule has 3 fully saturated rings. The fourth-order valence-corrected chi connectivity index (χ4v) is 8.16. The lowest BCUT2D eigenvalue weighted by Gasteiger charge is -2.37. The molecule has 0 aliphatic carbocycles. The van der Waals surface area contributed by atoms with Gasteiger partial charge in [-0.15, -0.1) is 0 Å². The standard InChI is InChI=1S/C45H45ClF3N11O4/c46-34-3-1-2-4-38(34)54-44(64)32-10-9-30(23-35(32)47)52-41-37(49)26-51-45(56-41)53-29-7-5-28(6-8-29)42(62)57-60-17-14-27(15-18-60)13-16-58-19-21-59(22-20-58)39-24-36(48)33(25-50-39)31-11-12-40(61)55-43(31)63/h1-10,23-27,31H,11-22H2,(H,54,64)(H,57,62)(H,55,61,63)(H2,51,52,53,56). The Hall–Kier alpha value is -6.63. The number of rotatable bonds is 13. The molecule has 3 aliphatic rings. The van der Waals surface area contributed by atoms with Gasteiger partial charge in [-0.25, -0.2) is 28.1 Å². The molecule has 332 valence electrons. The molecule has 3 aromatic carbocycles. The first-order valence-electron chi connectivity index (χ1n) is 21.0. The van der Waals surface area contributed by atoms with Crippen molar-refractivity contribution < 1.29 is 32.3 Å². The number of anilines is 6. The van der Waals surface area contributed by atoms with Crippen LogP contribution in [0, 0.1) is 23.4 Å². The van der Waals surface area contributed by atoms with Crippen LogP contribution in [0.4, 0.5) is 47.8 Å². The van der Waals surface area contributed by atoms with Crippen LogP contribution >= 0.6 is 11.6 Å². The minimum absolute atomic E-state index is 0.0482. The molecule has 0 bridgehead atoms. The lowest BCUT2D eigenvalue weighted by atomic mass is 9.91. The maximum absolute atomic E-state index is 15.1. The summed E-state index contributed by atoms with van der Waals surface area (Å²) in [6.45, 7) is 5.47. The Morgan fingerprint density at radius 3 is 2.25 bits per heavy atom. The number of benzene rings is 3. The van der Waals surface area contributed by atoms with Crippen molar-refractivity contribution in [3.63, 3.8) is 0 Å². The summed E-state index contributed by atoms with van der Waals surface area (Å²) in [6.07, 6.45) is 5.77. The number of piperazine rings is 1. The molecule has 2 aromatic heterocycles. The lowest BCUT2D eigenvalue weighted by Crippen LogP contribution is -2.48. The molecule has 1 atom stereocenters. The zero-order valence-corrected chi connectivity index (χ0v) is 35.3. The van der Waals surface area contributed by atoms with Crippen molar-refractivity contribution >= 4 is 69.9 Å². The van der Waals surface area contributed by atoms with Crippen LogP contribution in [0.1, 0.15) is 64.3 Å². The molecule has 0 spiro atoms. The van der Waals surface area contributed by atoms with Gasteiger partial charge in [-0.2, -0.15) is 4.98 Å². The molecule has 0 saturated carbocycles. The van der Waals surface area contributed by atoms with Gasteiger partial charge < -0.3 is 20.9 Å². The van der Waals surface area contributed by atoms with E-state index in [0.717, 1.165) is 64.2 Å². The fourth-order valence-electron chi connectivity index (χ4n) is 7.97. The Morgan fingerprint density at radius 1 is 0.781 bits per heavy atom. The summed E-state index contributed by atoms with van der Waals surface area (Å²) in [5, 5.41) is 12.8. The van der Waals surface area contributed by atoms with E-state index >= 15 is 4.39 Å². The molecule has 3 aliphatic heterocycles. The molecule has 4 amide bonds. The molecule has 3 saturated heterocycles. The van der Waals surface area contributed by atoms with E-state index in [1.54, 1.807) is 48.5 Å². The molecule has 5 heterocycles. The highest BCUT2D eigenvalue weighted by Crippen LogP contribution is 2.30. The van der Waals surface area contributed by atoms with E-state index in [0.29, 0.717) is 46.8 Å². The maximum Gasteiger partial charge on any atom is 0.265 e. The molecular weight excluding hydrogens is 851 g/mol. The first-order valence-corrected chi connectivity index (χ1v) is 21.4. The third kappa shape index (κ3) is 10.8. The van der Waals surface area contributed by atoms with Crippen molar-refractivity contribution in [1.29, 1.82) is 0 Å². The van der Waals surface area contributed by atoms with Crippen LogP contribution in [-0.4, -0.2) is 94.3 Å². The number of halogens is 4. The maximum atomic E-state index is 15.1. The van der Waals surface area contributed by atoms with Crippen molar-refractivity contribution in [1.82, 2.24) is 35.6 Å². The highest BCUT2D eigenvalue weighted by molar-refractivity contribution is 6.33. The topological polar surface area (TPSA) is 177 Å². The van der Waals surface area contributed by atoms with E-state index < -0.39 is 35.2 Å².